The molecule has 16 fully saturated rings. The van der Waals surface area contributed by atoms with Gasteiger partial charge in [0.1, 0.15) is 0 Å². The Kier molecular flexibility index (Phi) is 31.4. The molecule has 2 aromatic heterocycles. The molecular weight excluding hydrogens is 1840 g/mol. The van der Waals surface area contributed by atoms with Crippen molar-refractivity contribution in [1.29, 1.82) is 0 Å². The Hall–Kier alpha value is 1.08. The van der Waals surface area contributed by atoms with Crippen LogP contribution in [0.2, 0.25) is 0 Å². The van der Waals surface area contributed by atoms with Gasteiger partial charge in [-0.15, -0.1) is 23.2 Å². The molecule has 4 aliphatic heterocycles. The number of aromatic nitrogens is 2. The van der Waals surface area contributed by atoms with Crippen molar-refractivity contribution >= 4 is 96.1 Å². The Morgan fingerprint density at radius 3 is 0.863 bits per heavy atom. The summed E-state index contributed by atoms with van der Waals surface area (Å²) in [6.45, 7) is 14.7. The summed E-state index contributed by atoms with van der Waals surface area (Å²) in [5.74, 6) is 25.6. The fourth-order valence-electron chi connectivity index (χ4n) is 36.2. The van der Waals surface area contributed by atoms with Crippen LogP contribution in [0.4, 0.5) is 0 Å². The van der Waals surface area contributed by atoms with Crippen molar-refractivity contribution in [2.45, 2.75) is 301 Å². The molecular formula is C106H148Cl8Li2N6Zr2+2. The van der Waals surface area contributed by atoms with E-state index in [9.17, 15) is 0 Å². The van der Waals surface area contributed by atoms with Gasteiger partial charge in [0.05, 0.1) is 5.34 Å². The monoisotopic (exact) mass is 1980 g/mol. The molecule has 34 unspecified atom stereocenters. The Balaban J connectivity index is 0.000000123. The van der Waals surface area contributed by atoms with Crippen LogP contribution in [-0.2, 0) is 50.4 Å². The molecule has 14 aliphatic carbocycles. The Labute approximate surface area is 820 Å². The van der Waals surface area contributed by atoms with Crippen molar-refractivity contribution < 1.29 is 74.1 Å². The maximum Gasteiger partial charge on any atom is 1.00 e. The average molecular weight is 1990 g/mol. The Morgan fingerprint density at radius 1 is 0.347 bits per heavy atom. The quantitative estimate of drug-likeness (QED) is 0.122. The first kappa shape index (κ1) is 96.8. The first-order valence-corrected chi connectivity index (χ1v) is 70.0. The maximum absolute atomic E-state index is 5.04. The largest absolute Gasteiger partial charge is 1.00 e. The van der Waals surface area contributed by atoms with E-state index in [1.165, 1.54) is 180 Å². The molecule has 124 heavy (non-hydrogen) atoms. The topological polar surface area (TPSA) is 22.8 Å². The Bertz CT molecular complexity index is 4250. The van der Waals surface area contributed by atoms with Gasteiger partial charge < -0.3 is 9.13 Å². The molecule has 6 nitrogen and oxygen atoms in total. The van der Waals surface area contributed by atoms with Crippen LogP contribution in [-0.4, -0.2) is 111 Å². The molecule has 6 heterocycles. The molecule has 18 heteroatoms. The zero-order valence-electron chi connectivity index (χ0n) is 78.0. The summed E-state index contributed by atoms with van der Waals surface area (Å²) in [5.41, 5.74) is 16.9. The van der Waals surface area contributed by atoms with E-state index in [1.54, 1.807) is 89.9 Å². The predicted molar refractivity (Wildman–Crippen MR) is 513 cm³/mol. The summed E-state index contributed by atoms with van der Waals surface area (Å²) >= 11 is 5.41. The van der Waals surface area contributed by atoms with Gasteiger partial charge in [0, 0.05) is 119 Å². The van der Waals surface area contributed by atoms with E-state index in [1.807, 2.05) is 0 Å². The first-order valence-electron chi connectivity index (χ1n) is 50.0. The van der Waals surface area contributed by atoms with Crippen LogP contribution in [0.5, 0.6) is 0 Å². The summed E-state index contributed by atoms with van der Waals surface area (Å²) in [4.78, 5) is 12.2. The number of benzene rings is 4. The summed E-state index contributed by atoms with van der Waals surface area (Å²) in [5, 5.41) is 2.97. The third-order valence-electron chi connectivity index (χ3n) is 39.7. The molecule has 24 rings (SSSR count). The van der Waals surface area contributed by atoms with Crippen molar-refractivity contribution in [3.05, 3.63) is 119 Å². The molecule has 4 saturated heterocycles. The first-order chi connectivity index (χ1) is 58.9. The van der Waals surface area contributed by atoms with Gasteiger partial charge in [0.15, 0.2) is 0 Å². The number of rotatable bonds is 6. The molecule has 0 amide bonds. The zero-order chi connectivity index (χ0) is 84.9. The van der Waals surface area contributed by atoms with E-state index < -0.39 is 36.3 Å². The van der Waals surface area contributed by atoms with E-state index in [-0.39, 0.29) is 43.1 Å². The second-order valence-corrected chi connectivity index (χ2v) is 71.8. The third kappa shape index (κ3) is 17.4. The summed E-state index contributed by atoms with van der Waals surface area (Å²) in [7, 11) is 45.0. The number of hydrogen-bond acceptors (Lipinski definition) is 4. The fraction of sp³-hybridized carbons (Fsp3) is 0.736. The standard InChI is InChI=1S/2C35H58N2.C35H30N2.CH2Cl2.6ClH.2Li.2Zr/c3*1-20-13-15-30-28(17-20)32-24-11-7-5-9-22(24)26(34(32)36(30)3)19-27-23-10-6-8-12-25(23)33-29-18-21(2)14-16-31(29)37(4)35(27)33;2-1-3;;;;;;;;;;/h2*20-35H,5-19H2,1-4H3;5-18,26-27H,19H2,1-4H3;1H2;6*1H;;;;/q;;;;;;;;;;2*+1;+2;+4/p-6. The molecule has 12 saturated carbocycles. The molecule has 18 aliphatic rings. The summed E-state index contributed by atoms with van der Waals surface area (Å²) < 4.78 is 4.95. The number of nitrogens with zero attached hydrogens (tertiary/aromatic N) is 6. The van der Waals surface area contributed by atoms with Gasteiger partial charge in [-0.05, 0) is 378 Å². The number of alkyl halides is 2. The van der Waals surface area contributed by atoms with Crippen LogP contribution in [0, 0.1) is 156 Å². The SMILES string of the molecule is CC1CCC2C(C1)C1C3CCCCC3C(CC3C4CCCCC4C4C5CC(C)CCC5N(C)C34)C1N2C.CC1CCC2C(C1)C1C3CCCCC3C(CC3C4CCCCC4C4C5CC(C)CCC5N(C)C34)C1N2C.Cc1ccc2c(c1)c1c(n2C)C(CC2c3ccccc3-c3c2n(C)c2ccc(C)cc32)c2ccccc2-1.ClCCl.[Cl][Zr]([Cl])([Cl])[Cl].[Cl][Zr][Cl].[Li+].[Li+]. The van der Waals surface area contributed by atoms with Crippen LogP contribution in [0.3, 0.4) is 0 Å². The van der Waals surface area contributed by atoms with Crippen molar-refractivity contribution in [2.75, 3.05) is 33.5 Å². The summed E-state index contributed by atoms with van der Waals surface area (Å²) in [6, 6.07) is 39.5. The van der Waals surface area contributed by atoms with Gasteiger partial charge in [0.2, 0.25) is 0 Å². The van der Waals surface area contributed by atoms with E-state index >= 15 is 0 Å². The van der Waals surface area contributed by atoms with Crippen LogP contribution in [0.25, 0.3) is 44.1 Å². The maximum atomic E-state index is 5.04. The van der Waals surface area contributed by atoms with Gasteiger partial charge in [0.25, 0.3) is 0 Å². The molecule has 6 aromatic rings. The van der Waals surface area contributed by atoms with Crippen LogP contribution in [0.1, 0.15) is 272 Å². The van der Waals surface area contributed by atoms with Crippen molar-refractivity contribution in [3.8, 4) is 22.3 Å². The molecule has 0 N–H and O–H groups in total. The minimum Gasteiger partial charge on any atom is 1.00 e. The average Bonchev–Trinajstić information content (AvgIpc) is 1.55. The normalized spacial score (nSPS) is 41.3. The molecule has 0 bridgehead atoms. The zero-order valence-corrected chi connectivity index (χ0v) is 89.0. The molecule has 666 valence electrons. The number of fused-ring (bicyclic) bond motifs is 30. The second-order valence-electron chi connectivity index (χ2n) is 44.9. The van der Waals surface area contributed by atoms with Crippen molar-refractivity contribution in [1.82, 2.24) is 28.7 Å². The minimum absolute atomic E-state index is 0. The Morgan fingerprint density at radius 2 is 0.597 bits per heavy atom. The van der Waals surface area contributed by atoms with Gasteiger partial charge in [-0.1, -0.05) is 151 Å². The van der Waals surface area contributed by atoms with E-state index in [0.717, 1.165) is 197 Å². The molecule has 0 radical (unpaired) electrons. The number of likely N-dealkylation sites (tertiary alicyclic amines) is 4. The fourth-order valence-corrected chi connectivity index (χ4v) is 36.2. The minimum atomic E-state index is -3.29. The van der Waals surface area contributed by atoms with Gasteiger partial charge >= 0.3 is 125 Å². The van der Waals surface area contributed by atoms with E-state index in [4.69, 9.17) is 74.3 Å². The van der Waals surface area contributed by atoms with Gasteiger partial charge in [-0.2, -0.15) is 0 Å². The van der Waals surface area contributed by atoms with Crippen LogP contribution < -0.4 is 37.7 Å². The van der Waals surface area contributed by atoms with Crippen molar-refractivity contribution in [3.63, 3.8) is 0 Å². The van der Waals surface area contributed by atoms with Crippen molar-refractivity contribution in [2.24, 2.45) is 156 Å². The third-order valence-corrected chi connectivity index (χ3v) is 39.7. The van der Waals surface area contributed by atoms with E-state index in [2.05, 4.69) is 197 Å². The van der Waals surface area contributed by atoms with Gasteiger partial charge in [-0.3, -0.25) is 19.6 Å². The second kappa shape index (κ2) is 40.3. The smallest absolute Gasteiger partial charge is 1.00 e. The number of hydrogen-bond donors (Lipinski definition) is 0. The van der Waals surface area contributed by atoms with Crippen LogP contribution >= 0.6 is 74.3 Å². The van der Waals surface area contributed by atoms with E-state index in [0.29, 0.717) is 11.8 Å². The molecule has 34 atom stereocenters. The predicted octanol–water partition coefficient (Wildman–Crippen LogP) is 23.6. The van der Waals surface area contributed by atoms with Gasteiger partial charge in [-0.25, -0.2) is 0 Å². The number of halogens is 8. The molecule has 4 aromatic carbocycles. The number of aryl methyl sites for hydroxylation is 4. The summed E-state index contributed by atoms with van der Waals surface area (Å²) in [6.07, 6.45) is 47.4. The van der Waals surface area contributed by atoms with Crippen LogP contribution in [0.15, 0.2) is 84.9 Å². The molecule has 0 spiro atoms.